The molecule has 90 valence electrons. The van der Waals surface area contributed by atoms with Gasteiger partial charge in [-0.1, -0.05) is 18.2 Å². The largest absolute Gasteiger partial charge is 0.212 e. The van der Waals surface area contributed by atoms with Crippen LogP contribution in [0.3, 0.4) is 0 Å². The van der Waals surface area contributed by atoms with Gasteiger partial charge in [0.2, 0.25) is 5.52 Å². The Morgan fingerprint density at radius 3 is 1.94 bits per heavy atom. The first-order valence-corrected chi connectivity index (χ1v) is 6.01. The Bertz CT molecular complexity index is 613. The van der Waals surface area contributed by atoms with E-state index in [1.165, 1.54) is 10.9 Å². The van der Waals surface area contributed by atoms with E-state index in [1.807, 2.05) is 42.2 Å². The molecule has 0 aliphatic rings. The summed E-state index contributed by atoms with van der Waals surface area (Å²) in [5.41, 5.74) is 1.27. The molecule has 0 radical (unpaired) electrons. The van der Waals surface area contributed by atoms with Crippen LogP contribution < -0.4 is 9.13 Å². The molecule has 2 aromatic heterocycles. The lowest BCUT2D eigenvalue weighted by molar-refractivity contribution is -0.671. The number of fused-ring (bicyclic) bond motifs is 1. The zero-order valence-electron chi connectivity index (χ0n) is 10.8. The topological polar surface area (TPSA) is 7.76 Å². The second-order valence-corrected chi connectivity index (χ2v) is 4.22. The van der Waals surface area contributed by atoms with Crippen LogP contribution in [0.2, 0.25) is 0 Å². The molecule has 0 amide bonds. The van der Waals surface area contributed by atoms with Crippen molar-refractivity contribution in [3.63, 3.8) is 0 Å². The molecule has 0 unspecified atom stereocenters. The molecule has 2 heteroatoms. The number of aryl methyl sites for hydroxylation is 2. The summed E-state index contributed by atoms with van der Waals surface area (Å²) in [7, 11) is 4.06. The van der Waals surface area contributed by atoms with Crippen LogP contribution in [0.25, 0.3) is 10.9 Å². The molecule has 0 bridgehead atoms. The number of hydrogen-bond acceptors (Lipinski definition) is 0. The first-order valence-electron chi connectivity index (χ1n) is 6.01. The molecule has 2 heterocycles. The van der Waals surface area contributed by atoms with Gasteiger partial charge in [-0.05, 0) is 12.1 Å². The highest BCUT2D eigenvalue weighted by Gasteiger charge is 1.99. The quantitative estimate of drug-likeness (QED) is 0.530. The maximum Gasteiger partial charge on any atom is 0.212 e. The van der Waals surface area contributed by atoms with E-state index in [0.717, 1.165) is 0 Å². The predicted molar refractivity (Wildman–Crippen MR) is 72.7 cm³/mol. The van der Waals surface area contributed by atoms with Gasteiger partial charge in [-0.3, -0.25) is 0 Å². The molecule has 3 aromatic rings. The van der Waals surface area contributed by atoms with E-state index in [0.29, 0.717) is 0 Å². The van der Waals surface area contributed by atoms with Crippen LogP contribution in [0.1, 0.15) is 0 Å². The van der Waals surface area contributed by atoms with Crippen LogP contribution in [0.4, 0.5) is 0 Å². The fraction of sp³-hybridized carbons (Fsp3) is 0.125. The van der Waals surface area contributed by atoms with Crippen molar-refractivity contribution in [2.75, 3.05) is 0 Å². The molecular weight excluding hydrogens is 220 g/mol. The van der Waals surface area contributed by atoms with E-state index in [-0.39, 0.29) is 0 Å². The normalized spacial score (nSPS) is 9.67. The molecule has 18 heavy (non-hydrogen) atoms. The highest BCUT2D eigenvalue weighted by molar-refractivity contribution is 5.74. The molecule has 0 fully saturated rings. The van der Waals surface area contributed by atoms with Crippen molar-refractivity contribution in [2.24, 2.45) is 14.1 Å². The first kappa shape index (κ1) is 12.2. The van der Waals surface area contributed by atoms with Crippen molar-refractivity contribution < 1.29 is 9.13 Å². The number of para-hydroxylation sites is 1. The molecule has 0 spiro atoms. The third kappa shape index (κ3) is 3.14. The number of benzene rings is 1. The van der Waals surface area contributed by atoms with E-state index < -0.39 is 0 Å². The summed E-state index contributed by atoms with van der Waals surface area (Å²) >= 11 is 0. The SMILES string of the molecule is C[n+]1cccc2ccccc21.C[n+]1ccccc1. The highest BCUT2D eigenvalue weighted by atomic mass is 14.9. The summed E-state index contributed by atoms with van der Waals surface area (Å²) in [5, 5.41) is 1.29. The number of pyridine rings is 2. The van der Waals surface area contributed by atoms with E-state index >= 15 is 0 Å². The Labute approximate surface area is 108 Å². The van der Waals surface area contributed by atoms with Crippen LogP contribution >= 0.6 is 0 Å². The fourth-order valence-corrected chi connectivity index (χ4v) is 1.79. The Morgan fingerprint density at radius 1 is 0.667 bits per heavy atom. The van der Waals surface area contributed by atoms with Crippen LogP contribution in [-0.2, 0) is 14.1 Å². The third-order valence-corrected chi connectivity index (χ3v) is 2.77. The zero-order valence-corrected chi connectivity index (χ0v) is 10.8. The monoisotopic (exact) mass is 238 g/mol. The number of aromatic nitrogens is 2. The Kier molecular flexibility index (Phi) is 4.02. The van der Waals surface area contributed by atoms with Crippen molar-refractivity contribution in [2.45, 2.75) is 0 Å². The Morgan fingerprint density at radius 2 is 1.33 bits per heavy atom. The fourth-order valence-electron chi connectivity index (χ4n) is 1.79. The van der Waals surface area contributed by atoms with Gasteiger partial charge in [-0.2, -0.15) is 0 Å². The Balaban J connectivity index is 0.000000149. The molecule has 0 aliphatic carbocycles. The molecule has 2 nitrogen and oxygen atoms in total. The average molecular weight is 238 g/mol. The maximum absolute atomic E-state index is 2.12. The smallest absolute Gasteiger partial charge is 0.208 e. The van der Waals surface area contributed by atoms with Gasteiger partial charge < -0.3 is 0 Å². The summed E-state index contributed by atoms with van der Waals surface area (Å²) in [4.78, 5) is 0. The van der Waals surface area contributed by atoms with Gasteiger partial charge in [0.15, 0.2) is 18.6 Å². The van der Waals surface area contributed by atoms with Crippen LogP contribution in [0, 0.1) is 0 Å². The maximum atomic E-state index is 2.12. The van der Waals surface area contributed by atoms with Crippen LogP contribution in [-0.4, -0.2) is 0 Å². The standard InChI is InChI=1S/C10H10N.C6H8N/c1-11-8-4-6-9-5-2-3-7-10(9)11;1-7-5-3-2-4-6-7/h2-8H,1H3;2-6H,1H3/q2*+1. The number of rotatable bonds is 0. The predicted octanol–water partition coefficient (Wildman–Crippen LogP) is 2.18. The Hall–Kier alpha value is -2.22. The van der Waals surface area contributed by atoms with E-state index in [4.69, 9.17) is 0 Å². The molecule has 0 N–H and O–H groups in total. The second kappa shape index (κ2) is 5.92. The van der Waals surface area contributed by atoms with Gasteiger partial charge in [0.25, 0.3) is 0 Å². The summed E-state index contributed by atoms with van der Waals surface area (Å²) in [6, 6.07) is 18.5. The summed E-state index contributed by atoms with van der Waals surface area (Å²) in [6.45, 7) is 0. The summed E-state index contributed by atoms with van der Waals surface area (Å²) in [6.07, 6.45) is 6.06. The molecule has 1 aromatic carbocycles. The number of nitrogens with zero attached hydrogens (tertiary/aromatic N) is 2. The van der Waals surface area contributed by atoms with Crippen LogP contribution in [0.5, 0.6) is 0 Å². The van der Waals surface area contributed by atoms with E-state index in [2.05, 4.69) is 54.2 Å². The van der Waals surface area contributed by atoms with Gasteiger partial charge in [-0.15, -0.1) is 0 Å². The minimum atomic E-state index is 1.27. The highest BCUT2D eigenvalue weighted by Crippen LogP contribution is 2.06. The van der Waals surface area contributed by atoms with Crippen LogP contribution in [0.15, 0.2) is 73.2 Å². The molecule has 0 saturated heterocycles. The lowest BCUT2D eigenvalue weighted by atomic mass is 10.2. The molecule has 0 saturated carbocycles. The van der Waals surface area contributed by atoms with Gasteiger partial charge in [0, 0.05) is 29.7 Å². The molecule has 0 aliphatic heterocycles. The molecule has 0 atom stereocenters. The first-order chi connectivity index (χ1) is 8.77. The molecular formula is C16H18N2+2. The van der Waals surface area contributed by atoms with Gasteiger partial charge in [0.05, 0.1) is 0 Å². The average Bonchev–Trinajstić information content (AvgIpc) is 2.41. The molecule has 3 rings (SSSR count). The van der Waals surface area contributed by atoms with E-state index in [1.54, 1.807) is 0 Å². The summed E-state index contributed by atoms with van der Waals surface area (Å²) < 4.78 is 4.12. The second-order valence-electron chi connectivity index (χ2n) is 4.22. The lowest BCUT2D eigenvalue weighted by Gasteiger charge is -1.93. The van der Waals surface area contributed by atoms with Gasteiger partial charge in [0.1, 0.15) is 14.1 Å². The van der Waals surface area contributed by atoms with Gasteiger partial charge >= 0.3 is 0 Å². The number of hydrogen-bond donors (Lipinski definition) is 0. The summed E-state index contributed by atoms with van der Waals surface area (Å²) in [5.74, 6) is 0. The minimum Gasteiger partial charge on any atom is -0.208 e. The van der Waals surface area contributed by atoms with Crippen molar-refractivity contribution in [3.8, 4) is 0 Å². The van der Waals surface area contributed by atoms with Crippen molar-refractivity contribution in [1.29, 1.82) is 0 Å². The van der Waals surface area contributed by atoms with Crippen molar-refractivity contribution >= 4 is 10.9 Å². The zero-order chi connectivity index (χ0) is 12.8. The third-order valence-electron chi connectivity index (χ3n) is 2.77. The lowest BCUT2D eigenvalue weighted by Crippen LogP contribution is -2.27. The van der Waals surface area contributed by atoms with E-state index in [9.17, 15) is 0 Å². The van der Waals surface area contributed by atoms with Crippen molar-refractivity contribution in [3.05, 3.63) is 73.2 Å². The van der Waals surface area contributed by atoms with Crippen molar-refractivity contribution in [1.82, 2.24) is 0 Å². The minimum absolute atomic E-state index is 1.27. The van der Waals surface area contributed by atoms with Gasteiger partial charge in [-0.25, -0.2) is 9.13 Å².